The molecule has 1 aliphatic rings. The summed E-state index contributed by atoms with van der Waals surface area (Å²) < 4.78 is 5.31. The number of methoxy groups -OCH3 is 1. The summed E-state index contributed by atoms with van der Waals surface area (Å²) in [6, 6.07) is 15.0. The number of piperazine rings is 1. The number of ether oxygens (including phenoxy) is 1. The fourth-order valence-electron chi connectivity index (χ4n) is 3.54. The highest BCUT2D eigenvalue weighted by Gasteiger charge is 2.29. The van der Waals surface area contributed by atoms with Crippen molar-refractivity contribution in [3.05, 3.63) is 54.1 Å². The van der Waals surface area contributed by atoms with E-state index in [9.17, 15) is 9.59 Å². The molecule has 0 bridgehead atoms. The number of benzene rings is 2. The Labute approximate surface area is 166 Å². The second kappa shape index (κ2) is 8.89. The van der Waals surface area contributed by atoms with E-state index in [-0.39, 0.29) is 17.7 Å². The van der Waals surface area contributed by atoms with Gasteiger partial charge < -0.3 is 19.9 Å². The summed E-state index contributed by atoms with van der Waals surface area (Å²) in [6.07, 6.45) is 0. The van der Waals surface area contributed by atoms with Gasteiger partial charge in [-0.05, 0) is 38.1 Å². The average molecular weight is 382 g/mol. The summed E-state index contributed by atoms with van der Waals surface area (Å²) in [5.41, 5.74) is 2.42. The van der Waals surface area contributed by atoms with E-state index >= 15 is 0 Å². The van der Waals surface area contributed by atoms with E-state index in [0.717, 1.165) is 37.6 Å². The quantitative estimate of drug-likeness (QED) is 0.746. The summed E-state index contributed by atoms with van der Waals surface area (Å²) in [6.45, 7) is 7.04. The number of hydrogen-bond donors (Lipinski definition) is 2. The first-order valence-electron chi connectivity index (χ1n) is 9.63. The van der Waals surface area contributed by atoms with Gasteiger partial charge in [-0.15, -0.1) is 0 Å². The van der Waals surface area contributed by atoms with Crippen molar-refractivity contribution in [2.24, 2.45) is 0 Å². The zero-order valence-electron chi connectivity index (χ0n) is 16.7. The summed E-state index contributed by atoms with van der Waals surface area (Å²) in [7, 11) is 1.67. The van der Waals surface area contributed by atoms with Gasteiger partial charge in [0.25, 0.3) is 5.91 Å². The van der Waals surface area contributed by atoms with E-state index in [2.05, 4.69) is 16.3 Å². The van der Waals surface area contributed by atoms with Crippen LogP contribution in [0.2, 0.25) is 0 Å². The molecule has 3 rings (SSSR count). The smallest absolute Gasteiger partial charge is 0.282 e. The first kappa shape index (κ1) is 19.9. The third-order valence-electron chi connectivity index (χ3n) is 5.37. The van der Waals surface area contributed by atoms with Gasteiger partial charge in [-0.3, -0.25) is 9.59 Å². The lowest BCUT2D eigenvalue weighted by molar-refractivity contribution is -0.914. The molecule has 2 aromatic carbocycles. The lowest BCUT2D eigenvalue weighted by Gasteiger charge is -2.36. The minimum atomic E-state index is -0.159. The Morgan fingerprint density at radius 1 is 1.11 bits per heavy atom. The number of nitrogens with zero attached hydrogens (tertiary/aromatic N) is 1. The highest BCUT2D eigenvalue weighted by Crippen LogP contribution is 2.20. The summed E-state index contributed by atoms with van der Waals surface area (Å²) in [4.78, 5) is 27.8. The van der Waals surface area contributed by atoms with Gasteiger partial charge in [-0.1, -0.05) is 18.2 Å². The number of amides is 1. The molecule has 0 aromatic heterocycles. The molecule has 1 amide bonds. The average Bonchev–Trinajstić information content (AvgIpc) is 2.73. The van der Waals surface area contributed by atoms with Crippen LogP contribution in [0, 0.1) is 0 Å². The number of carbonyl (C=O) groups excluding carboxylic acids is 2. The van der Waals surface area contributed by atoms with Gasteiger partial charge >= 0.3 is 0 Å². The molecule has 148 valence electrons. The summed E-state index contributed by atoms with van der Waals surface area (Å²) >= 11 is 0. The zero-order chi connectivity index (χ0) is 20.1. The number of nitrogens with one attached hydrogen (secondary N) is 2. The number of hydrogen-bond acceptors (Lipinski definition) is 4. The largest absolute Gasteiger partial charge is 0.497 e. The van der Waals surface area contributed by atoms with E-state index in [1.54, 1.807) is 25.3 Å². The van der Waals surface area contributed by atoms with E-state index in [4.69, 9.17) is 4.74 Å². The molecule has 0 saturated carbocycles. The molecular formula is C22H28N3O3+. The van der Waals surface area contributed by atoms with Crippen LogP contribution in [-0.2, 0) is 4.79 Å². The first-order valence-corrected chi connectivity index (χ1v) is 9.63. The van der Waals surface area contributed by atoms with Crippen LogP contribution in [0.3, 0.4) is 0 Å². The number of rotatable bonds is 6. The standard InChI is InChI=1S/C22H27N3O3/c1-16(22(27)23-19-7-4-6-18(14-19)17(2)26)24-10-12-25(13-11-24)20-8-5-9-21(15-20)28-3/h4-9,14-16H,10-13H2,1-3H3,(H,23,27)/p+1/t16-/m0/s1. The molecule has 2 N–H and O–H groups in total. The Balaban J connectivity index is 1.57. The van der Waals surface area contributed by atoms with Gasteiger partial charge in [0.15, 0.2) is 11.8 Å². The number of anilines is 2. The second-order valence-corrected chi connectivity index (χ2v) is 7.19. The van der Waals surface area contributed by atoms with Crippen molar-refractivity contribution in [3.63, 3.8) is 0 Å². The number of Topliss-reactive ketones (excluding diaryl/α,β-unsaturated/α-hetero) is 1. The monoisotopic (exact) mass is 382 g/mol. The van der Waals surface area contributed by atoms with Crippen molar-refractivity contribution in [3.8, 4) is 5.75 Å². The van der Waals surface area contributed by atoms with Crippen LogP contribution >= 0.6 is 0 Å². The molecule has 0 aliphatic carbocycles. The van der Waals surface area contributed by atoms with Crippen molar-refractivity contribution >= 4 is 23.1 Å². The maximum atomic E-state index is 12.7. The van der Waals surface area contributed by atoms with Crippen LogP contribution in [0.25, 0.3) is 0 Å². The molecule has 0 radical (unpaired) electrons. The summed E-state index contributed by atoms with van der Waals surface area (Å²) in [5.74, 6) is 0.821. The van der Waals surface area contributed by atoms with Crippen molar-refractivity contribution < 1.29 is 19.2 Å². The molecule has 2 aromatic rings. The second-order valence-electron chi connectivity index (χ2n) is 7.19. The maximum absolute atomic E-state index is 12.7. The topological polar surface area (TPSA) is 63.1 Å². The third kappa shape index (κ3) is 4.70. The molecular weight excluding hydrogens is 354 g/mol. The Kier molecular flexibility index (Phi) is 6.31. The minimum absolute atomic E-state index is 0.0107. The maximum Gasteiger partial charge on any atom is 0.282 e. The fraction of sp³-hybridized carbons (Fsp3) is 0.364. The lowest BCUT2D eigenvalue weighted by Crippen LogP contribution is -3.19. The molecule has 28 heavy (non-hydrogen) atoms. The Morgan fingerprint density at radius 3 is 2.50 bits per heavy atom. The van der Waals surface area contributed by atoms with Gasteiger partial charge in [0.2, 0.25) is 0 Å². The molecule has 0 spiro atoms. The van der Waals surface area contributed by atoms with Gasteiger partial charge in [0, 0.05) is 23.0 Å². The minimum Gasteiger partial charge on any atom is -0.497 e. The number of ketones is 1. The van der Waals surface area contributed by atoms with Gasteiger partial charge in [0.05, 0.1) is 33.3 Å². The van der Waals surface area contributed by atoms with Crippen LogP contribution in [0.15, 0.2) is 48.5 Å². The van der Waals surface area contributed by atoms with E-state index in [1.807, 2.05) is 31.2 Å². The molecule has 1 atom stereocenters. The predicted molar refractivity (Wildman–Crippen MR) is 110 cm³/mol. The molecule has 6 heteroatoms. The van der Waals surface area contributed by atoms with Crippen LogP contribution in [0.5, 0.6) is 5.75 Å². The lowest BCUT2D eigenvalue weighted by atomic mass is 10.1. The molecule has 1 heterocycles. The Morgan fingerprint density at radius 2 is 1.82 bits per heavy atom. The Hall–Kier alpha value is -2.86. The fourth-order valence-corrected chi connectivity index (χ4v) is 3.54. The molecule has 1 aliphatic heterocycles. The third-order valence-corrected chi connectivity index (χ3v) is 5.37. The molecule has 0 unspecified atom stereocenters. The van der Waals surface area contributed by atoms with Crippen molar-refractivity contribution in [1.29, 1.82) is 0 Å². The highest BCUT2D eigenvalue weighted by molar-refractivity contribution is 5.97. The highest BCUT2D eigenvalue weighted by atomic mass is 16.5. The van der Waals surface area contributed by atoms with Crippen LogP contribution < -0.4 is 19.9 Å². The molecule has 1 saturated heterocycles. The molecule has 1 fully saturated rings. The number of carbonyl (C=O) groups is 2. The predicted octanol–water partition coefficient (Wildman–Crippen LogP) is 1.63. The number of quaternary nitrogens is 1. The normalized spacial score (nSPS) is 15.8. The van der Waals surface area contributed by atoms with Crippen molar-refractivity contribution in [2.45, 2.75) is 19.9 Å². The summed E-state index contributed by atoms with van der Waals surface area (Å²) in [5, 5.41) is 2.95. The Bertz CT molecular complexity index is 844. The van der Waals surface area contributed by atoms with E-state index in [1.165, 1.54) is 11.8 Å². The zero-order valence-corrected chi connectivity index (χ0v) is 16.7. The first-order chi connectivity index (χ1) is 13.5. The van der Waals surface area contributed by atoms with Crippen molar-refractivity contribution in [1.82, 2.24) is 0 Å². The van der Waals surface area contributed by atoms with Crippen LogP contribution in [0.1, 0.15) is 24.2 Å². The van der Waals surface area contributed by atoms with E-state index in [0.29, 0.717) is 11.3 Å². The van der Waals surface area contributed by atoms with Crippen LogP contribution in [0.4, 0.5) is 11.4 Å². The van der Waals surface area contributed by atoms with Crippen LogP contribution in [-0.4, -0.2) is 51.0 Å². The van der Waals surface area contributed by atoms with Gasteiger partial charge in [0.1, 0.15) is 5.75 Å². The van der Waals surface area contributed by atoms with Crippen molar-refractivity contribution in [2.75, 3.05) is 43.5 Å². The SMILES string of the molecule is COc1cccc(N2CC[NH+]([C@@H](C)C(=O)Nc3cccc(C(C)=O)c3)CC2)c1. The van der Waals surface area contributed by atoms with Gasteiger partial charge in [-0.25, -0.2) is 0 Å². The van der Waals surface area contributed by atoms with Gasteiger partial charge in [-0.2, -0.15) is 0 Å². The molecule has 6 nitrogen and oxygen atoms in total. The van der Waals surface area contributed by atoms with E-state index < -0.39 is 0 Å².